The van der Waals surface area contributed by atoms with Crippen molar-refractivity contribution in [1.29, 1.82) is 0 Å². The molecule has 15 heavy (non-hydrogen) atoms. The van der Waals surface area contributed by atoms with Crippen LogP contribution in [0.5, 0.6) is 0 Å². The number of hydrogen-bond donors (Lipinski definition) is 1. The fourth-order valence-corrected chi connectivity index (χ4v) is 1.56. The minimum absolute atomic E-state index is 0.338. The Hall–Kier alpha value is -0.910. The molecule has 0 aliphatic carbocycles. The van der Waals surface area contributed by atoms with Crippen molar-refractivity contribution in [2.45, 2.75) is 25.2 Å². The average molecular weight is 214 g/mol. The largest absolute Gasteiger partial charge is 0.382 e. The Morgan fingerprint density at radius 2 is 2.13 bits per heavy atom. The van der Waals surface area contributed by atoms with Crippen molar-refractivity contribution < 1.29 is 14.6 Å². The van der Waals surface area contributed by atoms with Gasteiger partial charge in [-0.05, 0) is 6.92 Å². The van der Waals surface area contributed by atoms with Gasteiger partial charge in [0.15, 0.2) is 6.29 Å². The highest BCUT2D eigenvalue weighted by atomic mass is 16.7. The molecule has 0 fully saturated rings. The molecule has 0 spiro atoms. The van der Waals surface area contributed by atoms with E-state index < -0.39 is 11.9 Å². The number of ether oxygens (including phenoxy) is 2. The van der Waals surface area contributed by atoms with E-state index in [-0.39, 0.29) is 0 Å². The molecule has 1 heterocycles. The van der Waals surface area contributed by atoms with E-state index in [1.807, 2.05) is 7.05 Å². The predicted octanol–water partition coefficient (Wildman–Crippen LogP) is 0.637. The molecular formula is C10H18N2O3. The van der Waals surface area contributed by atoms with Crippen LogP contribution in [0.25, 0.3) is 0 Å². The third-order valence-corrected chi connectivity index (χ3v) is 2.39. The van der Waals surface area contributed by atoms with Gasteiger partial charge >= 0.3 is 0 Å². The van der Waals surface area contributed by atoms with Crippen LogP contribution in [0.1, 0.15) is 19.2 Å². The molecule has 1 aromatic heterocycles. The molecule has 86 valence electrons. The fraction of sp³-hybridized carbons (Fsp3) is 0.700. The van der Waals surface area contributed by atoms with Crippen molar-refractivity contribution in [2.75, 3.05) is 14.2 Å². The van der Waals surface area contributed by atoms with Crippen LogP contribution in [-0.4, -0.2) is 35.2 Å². The Balaban J connectivity index is 2.79. The lowest BCUT2D eigenvalue weighted by Gasteiger charge is -2.26. The van der Waals surface area contributed by atoms with Gasteiger partial charge < -0.3 is 19.1 Å². The normalized spacial score (nSPS) is 15.6. The Labute approximate surface area is 89.6 Å². The molecular weight excluding hydrogens is 196 g/mol. The number of rotatable bonds is 5. The molecule has 1 unspecified atom stereocenters. The first-order valence-corrected chi connectivity index (χ1v) is 4.77. The number of methoxy groups -OCH3 is 2. The van der Waals surface area contributed by atoms with Gasteiger partial charge in [0.2, 0.25) is 0 Å². The van der Waals surface area contributed by atoms with E-state index in [1.165, 1.54) is 0 Å². The molecule has 0 aliphatic heterocycles. The number of imidazole rings is 1. The van der Waals surface area contributed by atoms with Gasteiger partial charge in [0.25, 0.3) is 0 Å². The van der Waals surface area contributed by atoms with E-state index in [0.29, 0.717) is 12.2 Å². The van der Waals surface area contributed by atoms with E-state index in [0.717, 1.165) is 0 Å². The lowest BCUT2D eigenvalue weighted by atomic mass is 10.0. The van der Waals surface area contributed by atoms with Crippen LogP contribution in [0, 0.1) is 0 Å². The Morgan fingerprint density at radius 3 is 2.53 bits per heavy atom. The molecule has 0 aliphatic rings. The smallest absolute Gasteiger partial charge is 0.160 e. The number of aromatic nitrogens is 2. The Kier molecular flexibility index (Phi) is 3.84. The van der Waals surface area contributed by atoms with Gasteiger partial charge in [-0.2, -0.15) is 0 Å². The standard InChI is InChI=1S/C10H18N2O3/c1-10(13,7-8(14-3)15-4)9-11-5-6-12(9)2/h5-6,8,13H,7H2,1-4H3. The molecule has 1 aromatic rings. The van der Waals surface area contributed by atoms with Crippen LogP contribution in [-0.2, 0) is 22.1 Å². The summed E-state index contributed by atoms with van der Waals surface area (Å²) in [4.78, 5) is 4.11. The number of aliphatic hydroxyl groups is 1. The van der Waals surface area contributed by atoms with Gasteiger partial charge in [-0.3, -0.25) is 0 Å². The summed E-state index contributed by atoms with van der Waals surface area (Å²) >= 11 is 0. The summed E-state index contributed by atoms with van der Waals surface area (Å²) in [5.74, 6) is 0.599. The van der Waals surface area contributed by atoms with Crippen molar-refractivity contribution in [3.8, 4) is 0 Å². The molecule has 0 bridgehead atoms. The minimum atomic E-state index is -1.06. The van der Waals surface area contributed by atoms with Crippen molar-refractivity contribution in [3.05, 3.63) is 18.2 Å². The van der Waals surface area contributed by atoms with Crippen LogP contribution >= 0.6 is 0 Å². The molecule has 1 N–H and O–H groups in total. The van der Waals surface area contributed by atoms with Crippen LogP contribution in [0.15, 0.2) is 12.4 Å². The first-order valence-electron chi connectivity index (χ1n) is 4.77. The van der Waals surface area contributed by atoms with Crippen molar-refractivity contribution in [3.63, 3.8) is 0 Å². The van der Waals surface area contributed by atoms with Gasteiger partial charge in [0, 0.05) is 40.1 Å². The molecule has 0 aromatic carbocycles. The summed E-state index contributed by atoms with van der Waals surface area (Å²) < 4.78 is 11.9. The fourth-order valence-electron chi connectivity index (χ4n) is 1.56. The summed E-state index contributed by atoms with van der Waals surface area (Å²) in [5, 5.41) is 10.2. The zero-order chi connectivity index (χ0) is 11.5. The third kappa shape index (κ3) is 2.77. The summed E-state index contributed by atoms with van der Waals surface area (Å²) in [5.41, 5.74) is -1.06. The van der Waals surface area contributed by atoms with Crippen molar-refractivity contribution in [2.24, 2.45) is 7.05 Å². The second-order valence-corrected chi connectivity index (χ2v) is 3.74. The maximum atomic E-state index is 10.2. The highest BCUT2D eigenvalue weighted by molar-refractivity contribution is 5.02. The summed E-state index contributed by atoms with van der Waals surface area (Å²) in [6.07, 6.45) is 3.35. The summed E-state index contributed by atoms with van der Waals surface area (Å²) in [6, 6.07) is 0. The molecule has 0 radical (unpaired) electrons. The molecule has 5 nitrogen and oxygen atoms in total. The first-order chi connectivity index (χ1) is 7.01. The van der Waals surface area contributed by atoms with E-state index in [1.54, 1.807) is 38.1 Å². The lowest BCUT2D eigenvalue weighted by molar-refractivity contribution is -0.144. The highest BCUT2D eigenvalue weighted by Gasteiger charge is 2.31. The molecule has 1 atom stereocenters. The maximum Gasteiger partial charge on any atom is 0.160 e. The first kappa shape index (κ1) is 12.2. The van der Waals surface area contributed by atoms with Crippen LogP contribution in [0.3, 0.4) is 0 Å². The molecule has 0 saturated carbocycles. The number of nitrogens with zero attached hydrogens (tertiary/aromatic N) is 2. The number of aryl methyl sites for hydroxylation is 1. The highest BCUT2D eigenvalue weighted by Crippen LogP contribution is 2.25. The van der Waals surface area contributed by atoms with Crippen LogP contribution in [0.2, 0.25) is 0 Å². The van der Waals surface area contributed by atoms with Gasteiger partial charge in [-0.1, -0.05) is 0 Å². The zero-order valence-corrected chi connectivity index (χ0v) is 9.60. The molecule has 0 saturated heterocycles. The van der Waals surface area contributed by atoms with Crippen molar-refractivity contribution >= 4 is 0 Å². The predicted molar refractivity (Wildman–Crippen MR) is 55.2 cm³/mol. The Morgan fingerprint density at radius 1 is 1.53 bits per heavy atom. The van der Waals surface area contributed by atoms with E-state index in [2.05, 4.69) is 4.98 Å². The average Bonchev–Trinajstić information content (AvgIpc) is 2.61. The summed E-state index contributed by atoms with van der Waals surface area (Å²) in [7, 11) is 4.93. The van der Waals surface area contributed by atoms with E-state index in [9.17, 15) is 5.11 Å². The second kappa shape index (κ2) is 4.74. The molecule has 0 amide bonds. The molecule has 5 heteroatoms. The van der Waals surface area contributed by atoms with Crippen molar-refractivity contribution in [1.82, 2.24) is 9.55 Å². The van der Waals surface area contributed by atoms with Crippen LogP contribution in [0.4, 0.5) is 0 Å². The summed E-state index contributed by atoms with van der Waals surface area (Å²) in [6.45, 7) is 1.69. The molecule has 1 rings (SSSR count). The Bertz CT molecular complexity index is 305. The van der Waals surface area contributed by atoms with Gasteiger partial charge in [-0.25, -0.2) is 4.98 Å². The lowest BCUT2D eigenvalue weighted by Crippen LogP contribution is -2.32. The zero-order valence-electron chi connectivity index (χ0n) is 9.60. The SMILES string of the molecule is COC(CC(C)(O)c1nccn1C)OC. The minimum Gasteiger partial charge on any atom is -0.382 e. The van der Waals surface area contributed by atoms with Gasteiger partial charge in [0.1, 0.15) is 11.4 Å². The topological polar surface area (TPSA) is 56.5 Å². The maximum absolute atomic E-state index is 10.2. The van der Waals surface area contributed by atoms with Gasteiger partial charge in [-0.15, -0.1) is 0 Å². The second-order valence-electron chi connectivity index (χ2n) is 3.74. The monoisotopic (exact) mass is 214 g/mol. The van der Waals surface area contributed by atoms with E-state index >= 15 is 0 Å². The van der Waals surface area contributed by atoms with E-state index in [4.69, 9.17) is 9.47 Å². The van der Waals surface area contributed by atoms with Gasteiger partial charge in [0.05, 0.1) is 0 Å². The van der Waals surface area contributed by atoms with Crippen LogP contribution < -0.4 is 0 Å². The number of hydrogen-bond acceptors (Lipinski definition) is 4. The third-order valence-electron chi connectivity index (χ3n) is 2.39. The quantitative estimate of drug-likeness (QED) is 0.731.